The van der Waals surface area contributed by atoms with Gasteiger partial charge in [0.15, 0.2) is 0 Å². The van der Waals surface area contributed by atoms with Crippen LogP contribution in [0.1, 0.15) is 24.0 Å². The number of allylic oxidation sites excluding steroid dienone is 2. The van der Waals surface area contributed by atoms with Crippen LogP contribution >= 0.6 is 0 Å². The smallest absolute Gasteiger partial charge is 0.234 e. The monoisotopic (exact) mass is 284 g/mol. The van der Waals surface area contributed by atoms with Crippen LogP contribution in [0.5, 0.6) is 0 Å². The fraction of sp³-hybridized carbons (Fsp3) is 0.412. The normalized spacial score (nSPS) is 24.4. The summed E-state index contributed by atoms with van der Waals surface area (Å²) in [6.45, 7) is 4.30. The summed E-state index contributed by atoms with van der Waals surface area (Å²) in [5, 5.41) is 3.26. The molecule has 4 nitrogen and oxygen atoms in total. The molecule has 0 unspecified atom stereocenters. The van der Waals surface area contributed by atoms with Crippen LogP contribution in [0.25, 0.3) is 0 Å². The summed E-state index contributed by atoms with van der Waals surface area (Å²) in [7, 11) is 0. The van der Waals surface area contributed by atoms with Gasteiger partial charge < -0.3 is 5.32 Å². The van der Waals surface area contributed by atoms with Crippen molar-refractivity contribution in [3.8, 4) is 0 Å². The summed E-state index contributed by atoms with van der Waals surface area (Å²) >= 11 is 0. The average molecular weight is 284 g/mol. The number of carbonyl (C=O) groups excluding carboxylic acids is 2. The molecule has 3 rings (SSSR count). The third kappa shape index (κ3) is 2.35. The highest BCUT2D eigenvalue weighted by Crippen LogP contribution is 2.35. The van der Waals surface area contributed by atoms with Gasteiger partial charge in [-0.1, -0.05) is 30.4 Å². The Morgan fingerprint density at radius 3 is 2.10 bits per heavy atom. The number of para-hydroxylation sites is 1. The highest BCUT2D eigenvalue weighted by molar-refractivity contribution is 6.05. The summed E-state index contributed by atoms with van der Waals surface area (Å²) in [6, 6.07) is 6.04. The van der Waals surface area contributed by atoms with Gasteiger partial charge in [0.1, 0.15) is 0 Å². The number of aryl methyl sites for hydroxylation is 2. The highest BCUT2D eigenvalue weighted by atomic mass is 16.2. The Balaban J connectivity index is 1.74. The van der Waals surface area contributed by atoms with Crippen molar-refractivity contribution in [1.29, 1.82) is 0 Å². The Kier molecular flexibility index (Phi) is 3.53. The molecule has 1 aliphatic carbocycles. The number of anilines is 1. The second kappa shape index (κ2) is 5.35. The Labute approximate surface area is 124 Å². The van der Waals surface area contributed by atoms with Gasteiger partial charge in [-0.25, -0.2) is 0 Å². The molecule has 21 heavy (non-hydrogen) atoms. The van der Waals surface area contributed by atoms with Crippen LogP contribution in [-0.4, -0.2) is 23.4 Å². The number of benzene rings is 1. The first-order valence-corrected chi connectivity index (χ1v) is 7.40. The molecule has 1 aliphatic heterocycles. The van der Waals surface area contributed by atoms with E-state index < -0.39 is 0 Å². The van der Waals surface area contributed by atoms with Gasteiger partial charge in [-0.3, -0.25) is 14.5 Å². The summed E-state index contributed by atoms with van der Waals surface area (Å²) in [5.74, 6) is -0.370. The molecular formula is C17H20N2O2. The largest absolute Gasteiger partial charge is 0.367 e. The van der Waals surface area contributed by atoms with E-state index in [-0.39, 0.29) is 30.3 Å². The van der Waals surface area contributed by atoms with Gasteiger partial charge in [0.25, 0.3) is 0 Å². The molecule has 110 valence electrons. The Hall–Kier alpha value is -2.10. The lowest BCUT2D eigenvalue weighted by Crippen LogP contribution is -2.35. The molecule has 1 saturated heterocycles. The molecule has 1 heterocycles. The predicted molar refractivity (Wildman–Crippen MR) is 81.6 cm³/mol. The molecule has 0 radical (unpaired) electrons. The zero-order chi connectivity index (χ0) is 15.0. The molecule has 0 aromatic heterocycles. The van der Waals surface area contributed by atoms with Gasteiger partial charge in [-0.05, 0) is 37.8 Å². The molecule has 0 saturated carbocycles. The lowest BCUT2D eigenvalue weighted by atomic mass is 9.85. The van der Waals surface area contributed by atoms with Gasteiger partial charge in [-0.2, -0.15) is 0 Å². The van der Waals surface area contributed by atoms with Crippen molar-refractivity contribution < 1.29 is 9.59 Å². The minimum atomic E-state index is -0.151. The third-order valence-corrected chi connectivity index (χ3v) is 4.49. The van der Waals surface area contributed by atoms with E-state index in [2.05, 4.69) is 5.32 Å². The van der Waals surface area contributed by atoms with E-state index in [1.165, 1.54) is 4.90 Å². The van der Waals surface area contributed by atoms with Crippen LogP contribution in [-0.2, 0) is 9.59 Å². The summed E-state index contributed by atoms with van der Waals surface area (Å²) in [5.41, 5.74) is 3.24. The topological polar surface area (TPSA) is 49.4 Å². The van der Waals surface area contributed by atoms with Gasteiger partial charge >= 0.3 is 0 Å². The van der Waals surface area contributed by atoms with Gasteiger partial charge in [0.05, 0.1) is 18.5 Å². The number of rotatable bonds is 3. The van der Waals surface area contributed by atoms with E-state index in [9.17, 15) is 9.59 Å². The zero-order valence-electron chi connectivity index (χ0n) is 12.4. The fourth-order valence-electron chi connectivity index (χ4n) is 3.28. The number of hydrogen-bond donors (Lipinski definition) is 1. The maximum absolute atomic E-state index is 12.4. The average Bonchev–Trinajstić information content (AvgIpc) is 2.72. The molecule has 1 aromatic rings. The van der Waals surface area contributed by atoms with Crippen LogP contribution in [0.4, 0.5) is 5.69 Å². The molecule has 1 N–H and O–H groups in total. The number of nitrogens with one attached hydrogen (secondary N) is 1. The van der Waals surface area contributed by atoms with Crippen LogP contribution in [0.2, 0.25) is 0 Å². The number of carbonyl (C=O) groups is 2. The van der Waals surface area contributed by atoms with Crippen molar-refractivity contribution in [3.63, 3.8) is 0 Å². The molecule has 0 spiro atoms. The molecular weight excluding hydrogens is 264 g/mol. The minimum Gasteiger partial charge on any atom is -0.367 e. The number of imide groups is 1. The maximum Gasteiger partial charge on any atom is 0.234 e. The highest BCUT2D eigenvalue weighted by Gasteiger charge is 2.46. The molecule has 2 aliphatic rings. The van der Waals surface area contributed by atoms with E-state index in [1.807, 2.05) is 44.2 Å². The van der Waals surface area contributed by atoms with Crippen LogP contribution < -0.4 is 5.32 Å². The van der Waals surface area contributed by atoms with Crippen LogP contribution in [0, 0.1) is 25.7 Å². The molecule has 2 amide bonds. The van der Waals surface area contributed by atoms with Crippen molar-refractivity contribution >= 4 is 17.5 Å². The van der Waals surface area contributed by atoms with E-state index in [1.54, 1.807) is 0 Å². The van der Waals surface area contributed by atoms with Crippen molar-refractivity contribution in [2.45, 2.75) is 26.7 Å². The van der Waals surface area contributed by atoms with Crippen molar-refractivity contribution in [2.24, 2.45) is 11.8 Å². The third-order valence-electron chi connectivity index (χ3n) is 4.49. The lowest BCUT2D eigenvalue weighted by Gasteiger charge is -2.19. The summed E-state index contributed by atoms with van der Waals surface area (Å²) in [6.07, 6.45) is 5.40. The van der Waals surface area contributed by atoms with Gasteiger partial charge in [0, 0.05) is 5.69 Å². The van der Waals surface area contributed by atoms with Crippen molar-refractivity contribution in [3.05, 3.63) is 41.5 Å². The Morgan fingerprint density at radius 1 is 1.05 bits per heavy atom. The SMILES string of the molecule is Cc1cccc(C)c1NCN1C(=O)[C@@H]2CC=CC[C@H]2C1=O. The van der Waals surface area contributed by atoms with Crippen molar-refractivity contribution in [2.75, 3.05) is 12.0 Å². The molecule has 0 bridgehead atoms. The molecule has 4 heteroatoms. The van der Waals surface area contributed by atoms with Crippen LogP contribution in [0.15, 0.2) is 30.4 Å². The zero-order valence-corrected chi connectivity index (χ0v) is 12.4. The molecule has 2 atom stereocenters. The Morgan fingerprint density at radius 2 is 1.57 bits per heavy atom. The standard InChI is InChI=1S/C17H20N2O2/c1-11-6-5-7-12(2)15(11)18-10-19-16(20)13-8-3-4-9-14(13)17(19)21/h3-7,13-14,18H,8-10H2,1-2H3/t13-,14-/m1/s1. The second-order valence-corrected chi connectivity index (χ2v) is 5.86. The lowest BCUT2D eigenvalue weighted by molar-refractivity contribution is -0.139. The first-order valence-electron chi connectivity index (χ1n) is 7.40. The van der Waals surface area contributed by atoms with E-state index >= 15 is 0 Å². The molecule has 1 aromatic carbocycles. The van der Waals surface area contributed by atoms with Crippen molar-refractivity contribution in [1.82, 2.24) is 4.90 Å². The van der Waals surface area contributed by atoms with E-state index in [4.69, 9.17) is 0 Å². The van der Waals surface area contributed by atoms with Crippen LogP contribution in [0.3, 0.4) is 0 Å². The number of fused-ring (bicyclic) bond motifs is 1. The summed E-state index contributed by atoms with van der Waals surface area (Å²) in [4.78, 5) is 26.1. The number of nitrogens with zero attached hydrogens (tertiary/aromatic N) is 1. The van der Waals surface area contributed by atoms with E-state index in [0.717, 1.165) is 16.8 Å². The molecule has 1 fully saturated rings. The first-order chi connectivity index (χ1) is 10.1. The number of amides is 2. The predicted octanol–water partition coefficient (Wildman–Crippen LogP) is 2.62. The minimum absolute atomic E-state index is 0.0342. The van der Waals surface area contributed by atoms with Gasteiger partial charge in [-0.15, -0.1) is 0 Å². The second-order valence-electron chi connectivity index (χ2n) is 5.86. The number of hydrogen-bond acceptors (Lipinski definition) is 3. The quantitative estimate of drug-likeness (QED) is 0.685. The van der Waals surface area contributed by atoms with E-state index in [0.29, 0.717) is 12.8 Å². The fourth-order valence-corrected chi connectivity index (χ4v) is 3.28. The first kappa shape index (κ1) is 13.9. The number of likely N-dealkylation sites (tertiary alicyclic amines) is 1. The summed E-state index contributed by atoms with van der Waals surface area (Å²) < 4.78 is 0. The van der Waals surface area contributed by atoms with Gasteiger partial charge in [0.2, 0.25) is 11.8 Å². The Bertz CT molecular complexity index is 575. The maximum atomic E-state index is 12.4.